The first-order valence-corrected chi connectivity index (χ1v) is 6.18. The lowest BCUT2D eigenvalue weighted by atomic mass is 10.0. The van der Waals surface area contributed by atoms with E-state index in [4.69, 9.17) is 8.83 Å². The van der Waals surface area contributed by atoms with Gasteiger partial charge in [-0.25, -0.2) is 0 Å². The van der Waals surface area contributed by atoms with E-state index in [0.717, 1.165) is 30.7 Å². The van der Waals surface area contributed by atoms with Crippen molar-refractivity contribution in [2.75, 3.05) is 6.54 Å². The summed E-state index contributed by atoms with van der Waals surface area (Å²) in [6.45, 7) is 5.24. The molecular formula is C14H19NO2. The highest BCUT2D eigenvalue weighted by atomic mass is 16.3. The maximum atomic E-state index is 5.50. The Balaban J connectivity index is 2.27. The van der Waals surface area contributed by atoms with Crippen LogP contribution < -0.4 is 5.32 Å². The molecule has 0 aliphatic rings. The average Bonchev–Trinajstić information content (AvgIpc) is 3.00. The average molecular weight is 233 g/mol. The van der Waals surface area contributed by atoms with Gasteiger partial charge in [-0.1, -0.05) is 13.8 Å². The smallest absolute Gasteiger partial charge is 0.108 e. The zero-order valence-corrected chi connectivity index (χ0v) is 10.4. The van der Waals surface area contributed by atoms with E-state index >= 15 is 0 Å². The normalized spacial score (nSPS) is 12.8. The van der Waals surface area contributed by atoms with Gasteiger partial charge in [0.1, 0.15) is 5.76 Å². The molecule has 2 aromatic rings. The Labute approximate surface area is 102 Å². The molecule has 0 fully saturated rings. The fourth-order valence-electron chi connectivity index (χ4n) is 2.03. The van der Waals surface area contributed by atoms with Crippen LogP contribution in [0.5, 0.6) is 0 Å². The van der Waals surface area contributed by atoms with Crippen LogP contribution in [0.25, 0.3) is 0 Å². The Kier molecular flexibility index (Phi) is 4.04. The van der Waals surface area contributed by atoms with Crippen molar-refractivity contribution in [1.82, 2.24) is 5.32 Å². The highest BCUT2D eigenvalue weighted by molar-refractivity contribution is 5.31. The van der Waals surface area contributed by atoms with Gasteiger partial charge in [0, 0.05) is 17.5 Å². The molecule has 0 aliphatic carbocycles. The maximum Gasteiger partial charge on any atom is 0.108 e. The quantitative estimate of drug-likeness (QED) is 0.829. The zero-order valence-electron chi connectivity index (χ0n) is 10.4. The second-order valence-electron chi connectivity index (χ2n) is 4.10. The predicted octanol–water partition coefficient (Wildman–Crippen LogP) is 3.52. The minimum Gasteiger partial charge on any atom is -0.472 e. The predicted molar refractivity (Wildman–Crippen MR) is 66.9 cm³/mol. The van der Waals surface area contributed by atoms with Crippen molar-refractivity contribution < 1.29 is 8.83 Å². The molecule has 1 N–H and O–H groups in total. The molecule has 0 bridgehead atoms. The van der Waals surface area contributed by atoms with Crippen LogP contribution in [0.4, 0.5) is 0 Å². The highest BCUT2D eigenvalue weighted by Gasteiger charge is 2.19. The summed E-state index contributed by atoms with van der Waals surface area (Å²) < 4.78 is 10.7. The number of furan rings is 2. The van der Waals surface area contributed by atoms with E-state index in [1.807, 2.05) is 12.1 Å². The molecule has 0 saturated heterocycles. The van der Waals surface area contributed by atoms with E-state index in [0.29, 0.717) is 0 Å². The van der Waals surface area contributed by atoms with Gasteiger partial charge in [0.15, 0.2) is 0 Å². The Bertz CT molecular complexity index is 431. The Morgan fingerprint density at radius 2 is 2.12 bits per heavy atom. The third kappa shape index (κ3) is 2.61. The van der Waals surface area contributed by atoms with E-state index < -0.39 is 0 Å². The molecule has 0 amide bonds. The van der Waals surface area contributed by atoms with Crippen molar-refractivity contribution in [2.24, 2.45) is 0 Å². The van der Waals surface area contributed by atoms with E-state index in [1.165, 1.54) is 5.56 Å². The standard InChI is InChI=1S/C14H19NO2/c1-3-7-15-14(11-5-8-16-10-11)12-6-9-17-13(12)4-2/h5-6,8-10,14-15H,3-4,7H2,1-2H3. The summed E-state index contributed by atoms with van der Waals surface area (Å²) in [5, 5.41) is 3.53. The number of rotatable bonds is 6. The number of nitrogens with one attached hydrogen (secondary N) is 1. The Hall–Kier alpha value is -1.48. The molecule has 3 nitrogen and oxygen atoms in total. The summed E-state index contributed by atoms with van der Waals surface area (Å²) in [6.07, 6.45) is 7.27. The van der Waals surface area contributed by atoms with Gasteiger partial charge in [-0.05, 0) is 25.1 Å². The number of hydrogen-bond acceptors (Lipinski definition) is 3. The van der Waals surface area contributed by atoms with Gasteiger partial charge in [0.25, 0.3) is 0 Å². The Morgan fingerprint density at radius 1 is 1.24 bits per heavy atom. The van der Waals surface area contributed by atoms with Gasteiger partial charge in [0.05, 0.1) is 24.8 Å². The van der Waals surface area contributed by atoms with Gasteiger partial charge >= 0.3 is 0 Å². The molecule has 2 heterocycles. The van der Waals surface area contributed by atoms with Crippen molar-refractivity contribution in [3.05, 3.63) is 47.8 Å². The third-order valence-corrected chi connectivity index (χ3v) is 2.89. The van der Waals surface area contributed by atoms with Crippen LogP contribution in [0.1, 0.15) is 43.2 Å². The van der Waals surface area contributed by atoms with Gasteiger partial charge in [0.2, 0.25) is 0 Å². The first-order valence-electron chi connectivity index (χ1n) is 6.18. The molecule has 0 saturated carbocycles. The van der Waals surface area contributed by atoms with Crippen molar-refractivity contribution in [1.29, 1.82) is 0 Å². The summed E-state index contributed by atoms with van der Waals surface area (Å²) in [6, 6.07) is 4.21. The first-order chi connectivity index (χ1) is 8.36. The van der Waals surface area contributed by atoms with Gasteiger partial charge in [-0.2, -0.15) is 0 Å². The van der Waals surface area contributed by atoms with Crippen LogP contribution in [0.3, 0.4) is 0 Å². The lowest BCUT2D eigenvalue weighted by molar-refractivity contribution is 0.498. The van der Waals surface area contributed by atoms with Crippen molar-refractivity contribution >= 4 is 0 Å². The van der Waals surface area contributed by atoms with Gasteiger partial charge < -0.3 is 14.2 Å². The summed E-state index contributed by atoms with van der Waals surface area (Å²) in [7, 11) is 0. The highest BCUT2D eigenvalue weighted by Crippen LogP contribution is 2.26. The molecule has 0 spiro atoms. The number of aryl methyl sites for hydroxylation is 1. The van der Waals surface area contributed by atoms with Crippen molar-refractivity contribution in [2.45, 2.75) is 32.7 Å². The molecule has 0 aromatic carbocycles. The monoisotopic (exact) mass is 233 g/mol. The SMILES string of the molecule is CCCNC(c1ccoc1)c1ccoc1CC. The summed E-state index contributed by atoms with van der Waals surface area (Å²) in [5.41, 5.74) is 2.36. The second-order valence-corrected chi connectivity index (χ2v) is 4.10. The van der Waals surface area contributed by atoms with Crippen LogP contribution in [0, 0.1) is 0 Å². The minimum absolute atomic E-state index is 0.169. The fraction of sp³-hybridized carbons (Fsp3) is 0.429. The van der Waals surface area contributed by atoms with Crippen molar-refractivity contribution in [3.63, 3.8) is 0 Å². The lowest BCUT2D eigenvalue weighted by Gasteiger charge is -2.16. The van der Waals surface area contributed by atoms with Gasteiger partial charge in [-0.3, -0.25) is 0 Å². The zero-order chi connectivity index (χ0) is 12.1. The fourth-order valence-corrected chi connectivity index (χ4v) is 2.03. The van der Waals surface area contributed by atoms with Crippen molar-refractivity contribution in [3.8, 4) is 0 Å². The largest absolute Gasteiger partial charge is 0.472 e. The van der Waals surface area contributed by atoms with E-state index in [1.54, 1.807) is 18.8 Å². The summed E-state index contributed by atoms with van der Waals surface area (Å²) in [4.78, 5) is 0. The molecule has 2 aromatic heterocycles. The van der Waals surface area contributed by atoms with E-state index in [2.05, 4.69) is 19.2 Å². The second kappa shape index (κ2) is 5.73. The number of hydrogen-bond donors (Lipinski definition) is 1. The molecular weight excluding hydrogens is 214 g/mol. The van der Waals surface area contributed by atoms with Crippen LogP contribution in [0.2, 0.25) is 0 Å². The van der Waals surface area contributed by atoms with Crippen LogP contribution in [-0.4, -0.2) is 6.54 Å². The van der Waals surface area contributed by atoms with Crippen LogP contribution in [-0.2, 0) is 6.42 Å². The minimum atomic E-state index is 0.169. The lowest BCUT2D eigenvalue weighted by Crippen LogP contribution is -2.23. The van der Waals surface area contributed by atoms with Gasteiger partial charge in [-0.15, -0.1) is 0 Å². The third-order valence-electron chi connectivity index (χ3n) is 2.89. The molecule has 3 heteroatoms. The molecule has 1 unspecified atom stereocenters. The molecule has 0 radical (unpaired) electrons. The molecule has 17 heavy (non-hydrogen) atoms. The molecule has 2 rings (SSSR count). The molecule has 1 atom stereocenters. The molecule has 92 valence electrons. The topological polar surface area (TPSA) is 38.3 Å². The Morgan fingerprint density at radius 3 is 2.76 bits per heavy atom. The molecule has 0 aliphatic heterocycles. The summed E-state index contributed by atoms with van der Waals surface area (Å²) >= 11 is 0. The first kappa shape index (κ1) is 12.0. The van der Waals surface area contributed by atoms with E-state index in [9.17, 15) is 0 Å². The van der Waals surface area contributed by atoms with Crippen LogP contribution in [0.15, 0.2) is 39.8 Å². The van der Waals surface area contributed by atoms with Crippen LogP contribution >= 0.6 is 0 Å². The van der Waals surface area contributed by atoms with E-state index in [-0.39, 0.29) is 6.04 Å². The summed E-state index contributed by atoms with van der Waals surface area (Å²) in [5.74, 6) is 1.04. The maximum absolute atomic E-state index is 5.50.